The summed E-state index contributed by atoms with van der Waals surface area (Å²) >= 11 is 0. The molecule has 1 fully saturated rings. The minimum absolute atomic E-state index is 0.317. The SMILES string of the molecule is CN(C[C@H]1Cc2c(cccc2N2CCOCC2)CN1)C1CCOc2cccnc21. The van der Waals surface area contributed by atoms with Crippen molar-refractivity contribution < 1.29 is 9.47 Å². The van der Waals surface area contributed by atoms with Crippen molar-refractivity contribution in [3.8, 4) is 5.75 Å². The Labute approximate surface area is 172 Å². The number of fused-ring (bicyclic) bond motifs is 2. The van der Waals surface area contributed by atoms with Crippen molar-refractivity contribution in [2.45, 2.75) is 31.5 Å². The highest BCUT2D eigenvalue weighted by molar-refractivity contribution is 5.58. The van der Waals surface area contributed by atoms with Gasteiger partial charge < -0.3 is 19.7 Å². The minimum Gasteiger partial charge on any atom is -0.492 e. The third-order valence-corrected chi connectivity index (χ3v) is 6.44. The van der Waals surface area contributed by atoms with E-state index in [1.54, 1.807) is 0 Å². The van der Waals surface area contributed by atoms with Crippen LogP contribution in [0.1, 0.15) is 29.3 Å². The first kappa shape index (κ1) is 18.9. The Hall–Kier alpha value is -2.15. The van der Waals surface area contributed by atoms with Gasteiger partial charge in [0.1, 0.15) is 5.75 Å². The normalized spacial score (nSPS) is 24.0. The van der Waals surface area contributed by atoms with E-state index in [-0.39, 0.29) is 0 Å². The number of ether oxygens (including phenoxy) is 2. The molecule has 5 rings (SSSR count). The van der Waals surface area contributed by atoms with Gasteiger partial charge in [0.2, 0.25) is 0 Å². The Bertz CT molecular complexity index is 853. The Kier molecular flexibility index (Phi) is 5.40. The van der Waals surface area contributed by atoms with Crippen LogP contribution >= 0.6 is 0 Å². The first-order chi connectivity index (χ1) is 14.3. The second kappa shape index (κ2) is 8.30. The molecule has 29 heavy (non-hydrogen) atoms. The van der Waals surface area contributed by atoms with Crippen molar-refractivity contribution in [3.63, 3.8) is 0 Å². The molecule has 2 atom stereocenters. The Morgan fingerprint density at radius 1 is 1.17 bits per heavy atom. The van der Waals surface area contributed by atoms with Gasteiger partial charge in [-0.3, -0.25) is 9.88 Å². The van der Waals surface area contributed by atoms with Gasteiger partial charge in [-0.05, 0) is 42.8 Å². The third kappa shape index (κ3) is 3.84. The number of hydrogen-bond acceptors (Lipinski definition) is 6. The molecule has 0 saturated carbocycles. The van der Waals surface area contributed by atoms with Crippen LogP contribution in [-0.2, 0) is 17.7 Å². The van der Waals surface area contributed by atoms with Crippen LogP contribution in [0.25, 0.3) is 0 Å². The second-order valence-electron chi connectivity index (χ2n) is 8.28. The summed E-state index contributed by atoms with van der Waals surface area (Å²) in [5.41, 5.74) is 5.42. The van der Waals surface area contributed by atoms with E-state index in [9.17, 15) is 0 Å². The molecule has 0 aliphatic carbocycles. The molecule has 6 nitrogen and oxygen atoms in total. The first-order valence-electron chi connectivity index (χ1n) is 10.7. The van der Waals surface area contributed by atoms with Crippen LogP contribution in [0, 0.1) is 0 Å². The lowest BCUT2D eigenvalue weighted by molar-refractivity contribution is 0.122. The molecular formula is C23H30N4O2. The molecule has 4 heterocycles. The molecule has 154 valence electrons. The molecule has 0 amide bonds. The third-order valence-electron chi connectivity index (χ3n) is 6.44. The number of anilines is 1. The maximum Gasteiger partial charge on any atom is 0.142 e. The quantitative estimate of drug-likeness (QED) is 0.859. The molecule has 1 N–H and O–H groups in total. The molecule has 1 aromatic carbocycles. The van der Waals surface area contributed by atoms with Crippen LogP contribution in [0.15, 0.2) is 36.5 Å². The number of hydrogen-bond donors (Lipinski definition) is 1. The smallest absolute Gasteiger partial charge is 0.142 e. The van der Waals surface area contributed by atoms with Gasteiger partial charge in [0.25, 0.3) is 0 Å². The molecular weight excluding hydrogens is 364 g/mol. The van der Waals surface area contributed by atoms with Gasteiger partial charge in [0.05, 0.1) is 31.6 Å². The largest absolute Gasteiger partial charge is 0.492 e. The number of likely N-dealkylation sites (N-methyl/N-ethyl adjacent to an activating group) is 1. The van der Waals surface area contributed by atoms with E-state index in [0.29, 0.717) is 12.1 Å². The van der Waals surface area contributed by atoms with Gasteiger partial charge in [0, 0.05) is 50.5 Å². The molecule has 0 spiro atoms. The lowest BCUT2D eigenvalue weighted by Gasteiger charge is -2.38. The summed E-state index contributed by atoms with van der Waals surface area (Å²) in [5.74, 6) is 0.937. The number of nitrogens with zero attached hydrogens (tertiary/aromatic N) is 3. The molecule has 2 aromatic rings. The van der Waals surface area contributed by atoms with Gasteiger partial charge in [-0.2, -0.15) is 0 Å². The molecule has 0 radical (unpaired) electrons. The Balaban J connectivity index is 1.31. The van der Waals surface area contributed by atoms with Crippen LogP contribution in [-0.4, -0.2) is 62.4 Å². The van der Waals surface area contributed by atoms with Crippen LogP contribution < -0.4 is 15.0 Å². The van der Waals surface area contributed by atoms with Crippen LogP contribution in [0.4, 0.5) is 5.69 Å². The number of aromatic nitrogens is 1. The number of benzene rings is 1. The van der Waals surface area contributed by atoms with Gasteiger partial charge in [-0.1, -0.05) is 12.1 Å². The van der Waals surface area contributed by atoms with Crippen LogP contribution in [0.2, 0.25) is 0 Å². The average Bonchev–Trinajstić information content (AvgIpc) is 2.79. The lowest BCUT2D eigenvalue weighted by Crippen LogP contribution is -2.46. The summed E-state index contributed by atoms with van der Waals surface area (Å²) in [6.07, 6.45) is 3.92. The highest BCUT2D eigenvalue weighted by Gasteiger charge is 2.30. The predicted molar refractivity (Wildman–Crippen MR) is 114 cm³/mol. The monoisotopic (exact) mass is 394 g/mol. The maximum absolute atomic E-state index is 5.80. The van der Waals surface area contributed by atoms with Crippen molar-refractivity contribution >= 4 is 5.69 Å². The summed E-state index contributed by atoms with van der Waals surface area (Å²) in [6, 6.07) is 11.5. The number of pyridine rings is 1. The molecule has 0 bridgehead atoms. The van der Waals surface area contributed by atoms with E-state index < -0.39 is 0 Å². The lowest BCUT2D eigenvalue weighted by atomic mass is 9.92. The van der Waals surface area contributed by atoms with Gasteiger partial charge >= 0.3 is 0 Å². The van der Waals surface area contributed by atoms with Gasteiger partial charge in [0.15, 0.2) is 0 Å². The highest BCUT2D eigenvalue weighted by atomic mass is 16.5. The highest BCUT2D eigenvalue weighted by Crippen LogP contribution is 2.34. The predicted octanol–water partition coefficient (Wildman–Crippen LogP) is 2.39. The Morgan fingerprint density at radius 3 is 2.97 bits per heavy atom. The number of rotatable bonds is 4. The van der Waals surface area contributed by atoms with Gasteiger partial charge in [-0.15, -0.1) is 0 Å². The van der Waals surface area contributed by atoms with Crippen molar-refractivity contribution in [1.82, 2.24) is 15.2 Å². The maximum atomic E-state index is 5.80. The van der Waals surface area contributed by atoms with Gasteiger partial charge in [-0.25, -0.2) is 0 Å². The van der Waals surface area contributed by atoms with E-state index in [4.69, 9.17) is 9.47 Å². The van der Waals surface area contributed by atoms with E-state index in [1.807, 2.05) is 18.3 Å². The average molecular weight is 395 g/mol. The van der Waals surface area contributed by atoms with Crippen LogP contribution in [0.3, 0.4) is 0 Å². The molecule has 3 aliphatic rings. The van der Waals surface area contributed by atoms with Crippen molar-refractivity contribution in [1.29, 1.82) is 0 Å². The summed E-state index contributed by atoms with van der Waals surface area (Å²) in [6.45, 7) is 6.31. The molecule has 6 heteroatoms. The molecule has 1 unspecified atom stereocenters. The molecule has 3 aliphatic heterocycles. The fourth-order valence-electron chi connectivity index (χ4n) is 4.92. The molecule has 1 saturated heterocycles. The van der Waals surface area contributed by atoms with E-state index >= 15 is 0 Å². The van der Waals surface area contributed by atoms with E-state index in [0.717, 1.165) is 70.3 Å². The minimum atomic E-state index is 0.317. The summed E-state index contributed by atoms with van der Waals surface area (Å²) < 4.78 is 11.4. The summed E-state index contributed by atoms with van der Waals surface area (Å²) in [7, 11) is 2.22. The van der Waals surface area contributed by atoms with E-state index in [2.05, 4.69) is 45.3 Å². The summed E-state index contributed by atoms with van der Waals surface area (Å²) in [5, 5.41) is 3.76. The first-order valence-corrected chi connectivity index (χ1v) is 10.7. The van der Waals surface area contributed by atoms with Crippen LogP contribution in [0.5, 0.6) is 5.75 Å². The van der Waals surface area contributed by atoms with E-state index in [1.165, 1.54) is 16.8 Å². The zero-order valence-electron chi connectivity index (χ0n) is 17.1. The van der Waals surface area contributed by atoms with Crippen molar-refractivity contribution in [2.75, 3.05) is 51.4 Å². The fourth-order valence-corrected chi connectivity index (χ4v) is 4.92. The number of morpholine rings is 1. The zero-order chi connectivity index (χ0) is 19.6. The topological polar surface area (TPSA) is 49.9 Å². The number of nitrogens with one attached hydrogen (secondary N) is 1. The second-order valence-corrected chi connectivity index (χ2v) is 8.28. The fraction of sp³-hybridized carbons (Fsp3) is 0.522. The Morgan fingerprint density at radius 2 is 2.07 bits per heavy atom. The van der Waals surface area contributed by atoms with Crippen molar-refractivity contribution in [3.05, 3.63) is 53.3 Å². The summed E-state index contributed by atoms with van der Waals surface area (Å²) in [4.78, 5) is 9.57. The molecule has 1 aromatic heterocycles. The zero-order valence-corrected chi connectivity index (χ0v) is 17.1. The van der Waals surface area contributed by atoms with Crippen molar-refractivity contribution in [2.24, 2.45) is 0 Å². The standard InChI is InChI=1S/C23H30N4O2/c1-26(21-7-11-29-22-6-3-8-24-23(21)22)16-18-14-19-17(15-25-18)4-2-5-20(19)27-9-12-28-13-10-27/h2-6,8,18,21,25H,7,9-16H2,1H3/t18-,21?/m1/s1.